The van der Waals surface area contributed by atoms with Gasteiger partial charge < -0.3 is 9.47 Å². The van der Waals surface area contributed by atoms with Crippen LogP contribution in [-0.2, 0) is 0 Å². The summed E-state index contributed by atoms with van der Waals surface area (Å²) in [5.41, 5.74) is 0. The summed E-state index contributed by atoms with van der Waals surface area (Å²) in [7, 11) is 1.44. The maximum atomic E-state index is 5.67. The zero-order valence-corrected chi connectivity index (χ0v) is 9.18. The van der Waals surface area contributed by atoms with E-state index in [0.29, 0.717) is 5.75 Å². The summed E-state index contributed by atoms with van der Waals surface area (Å²) in [6, 6.07) is 9.35. The largest absolute Gasteiger partial charge is 0.467 e. The van der Waals surface area contributed by atoms with E-state index in [9.17, 15) is 0 Å². The monoisotopic (exact) mass is 237 g/mol. The Labute approximate surface area is 97.0 Å². The number of benzene rings is 1. The van der Waals surface area contributed by atoms with Crippen molar-refractivity contribution in [1.82, 2.24) is 15.0 Å². The first kappa shape index (κ1) is 10.6. The fourth-order valence-corrected chi connectivity index (χ4v) is 1.19. The van der Waals surface area contributed by atoms with Gasteiger partial charge in [-0.15, -0.1) is 4.98 Å². The van der Waals surface area contributed by atoms with Crippen molar-refractivity contribution in [2.75, 3.05) is 7.11 Å². The fraction of sp³-hybridized carbons (Fsp3) is 0.100. The van der Waals surface area contributed by atoms with E-state index in [1.807, 2.05) is 18.2 Å². The number of halogens is 1. The second-order valence-electron chi connectivity index (χ2n) is 2.79. The summed E-state index contributed by atoms with van der Waals surface area (Å²) < 4.78 is 10.2. The molecule has 0 saturated heterocycles. The lowest BCUT2D eigenvalue weighted by Gasteiger charge is -2.04. The molecule has 0 bridgehead atoms. The van der Waals surface area contributed by atoms with Gasteiger partial charge in [0.2, 0.25) is 5.28 Å². The smallest absolute Gasteiger partial charge is 0.329 e. The Balaban J connectivity index is 2.24. The lowest BCUT2D eigenvalue weighted by Crippen LogP contribution is -1.98. The minimum Gasteiger partial charge on any atom is -0.467 e. The Hall–Kier alpha value is -1.88. The SMILES string of the molecule is COc1nc(Cl)nc(Oc2ccccc2)n1. The van der Waals surface area contributed by atoms with Gasteiger partial charge >= 0.3 is 12.0 Å². The number of para-hydroxylation sites is 1. The predicted molar refractivity (Wildman–Crippen MR) is 57.9 cm³/mol. The number of nitrogens with zero attached hydrogens (tertiary/aromatic N) is 3. The van der Waals surface area contributed by atoms with E-state index >= 15 is 0 Å². The quantitative estimate of drug-likeness (QED) is 0.820. The third kappa shape index (κ3) is 2.58. The highest BCUT2D eigenvalue weighted by Gasteiger charge is 2.06. The van der Waals surface area contributed by atoms with Gasteiger partial charge in [0.05, 0.1) is 7.11 Å². The Morgan fingerprint density at radius 3 is 2.38 bits per heavy atom. The molecule has 1 heterocycles. The predicted octanol–water partition coefficient (Wildman–Crippen LogP) is 2.33. The van der Waals surface area contributed by atoms with Gasteiger partial charge in [0.25, 0.3) is 0 Å². The second kappa shape index (κ2) is 4.76. The summed E-state index contributed by atoms with van der Waals surface area (Å²) in [4.78, 5) is 11.4. The van der Waals surface area contributed by atoms with Gasteiger partial charge in [0.1, 0.15) is 5.75 Å². The summed E-state index contributed by atoms with van der Waals surface area (Å²) >= 11 is 5.67. The van der Waals surface area contributed by atoms with Crippen molar-refractivity contribution in [2.24, 2.45) is 0 Å². The minimum atomic E-state index is 0.0257. The van der Waals surface area contributed by atoms with Crippen molar-refractivity contribution >= 4 is 11.6 Å². The number of hydrogen-bond acceptors (Lipinski definition) is 5. The van der Waals surface area contributed by atoms with E-state index in [2.05, 4.69) is 15.0 Å². The van der Waals surface area contributed by atoms with Gasteiger partial charge in [-0.25, -0.2) is 0 Å². The van der Waals surface area contributed by atoms with Crippen LogP contribution in [-0.4, -0.2) is 22.1 Å². The topological polar surface area (TPSA) is 57.1 Å². The molecule has 2 rings (SSSR count). The first-order valence-corrected chi connectivity index (χ1v) is 4.84. The minimum absolute atomic E-state index is 0.0257. The van der Waals surface area contributed by atoms with Crippen LogP contribution in [0.25, 0.3) is 0 Å². The number of hydrogen-bond donors (Lipinski definition) is 0. The van der Waals surface area contributed by atoms with Gasteiger partial charge in [0, 0.05) is 0 Å². The van der Waals surface area contributed by atoms with Crippen LogP contribution in [0.2, 0.25) is 5.28 Å². The molecule has 0 saturated carbocycles. The molecule has 16 heavy (non-hydrogen) atoms. The number of rotatable bonds is 3. The van der Waals surface area contributed by atoms with E-state index in [1.54, 1.807) is 12.1 Å². The summed E-state index contributed by atoms with van der Waals surface area (Å²) in [5, 5.41) is 0.0257. The third-order valence-corrected chi connectivity index (χ3v) is 1.87. The first-order valence-electron chi connectivity index (χ1n) is 4.46. The number of methoxy groups -OCH3 is 1. The van der Waals surface area contributed by atoms with Gasteiger partial charge in [0.15, 0.2) is 0 Å². The van der Waals surface area contributed by atoms with Gasteiger partial charge in [-0.2, -0.15) is 9.97 Å². The average molecular weight is 238 g/mol. The lowest BCUT2D eigenvalue weighted by molar-refractivity contribution is 0.359. The van der Waals surface area contributed by atoms with E-state index < -0.39 is 0 Å². The molecule has 0 fully saturated rings. The Kier molecular flexibility index (Phi) is 3.16. The molecule has 0 amide bonds. The van der Waals surface area contributed by atoms with Crippen molar-refractivity contribution in [3.05, 3.63) is 35.6 Å². The van der Waals surface area contributed by atoms with Gasteiger partial charge in [-0.05, 0) is 23.7 Å². The molecule has 0 unspecified atom stereocenters. The van der Waals surface area contributed by atoms with Crippen LogP contribution >= 0.6 is 11.6 Å². The van der Waals surface area contributed by atoms with Crippen LogP contribution in [0, 0.1) is 0 Å². The Morgan fingerprint density at radius 2 is 1.69 bits per heavy atom. The summed E-state index contributed by atoms with van der Waals surface area (Å²) in [6.45, 7) is 0. The third-order valence-electron chi connectivity index (χ3n) is 1.70. The molecule has 1 aromatic heterocycles. The zero-order valence-electron chi connectivity index (χ0n) is 8.42. The summed E-state index contributed by atoms with van der Waals surface area (Å²) in [5.74, 6) is 0.617. The lowest BCUT2D eigenvalue weighted by atomic mass is 10.3. The van der Waals surface area contributed by atoms with E-state index in [-0.39, 0.29) is 17.3 Å². The molecule has 0 N–H and O–H groups in total. The van der Waals surface area contributed by atoms with Crippen LogP contribution in [0.15, 0.2) is 30.3 Å². The van der Waals surface area contributed by atoms with Crippen LogP contribution in [0.5, 0.6) is 17.8 Å². The van der Waals surface area contributed by atoms with E-state index in [0.717, 1.165) is 0 Å². The van der Waals surface area contributed by atoms with Crippen molar-refractivity contribution < 1.29 is 9.47 Å². The molecule has 2 aromatic rings. The molecular formula is C10H8ClN3O2. The molecule has 0 atom stereocenters. The first-order chi connectivity index (χ1) is 7.78. The van der Waals surface area contributed by atoms with Crippen molar-refractivity contribution in [2.45, 2.75) is 0 Å². The number of aromatic nitrogens is 3. The highest BCUT2D eigenvalue weighted by Crippen LogP contribution is 2.19. The molecule has 6 heteroatoms. The summed E-state index contributed by atoms with van der Waals surface area (Å²) in [6.07, 6.45) is 0. The van der Waals surface area contributed by atoms with Crippen LogP contribution in [0.4, 0.5) is 0 Å². The highest BCUT2D eigenvalue weighted by molar-refractivity contribution is 6.28. The second-order valence-corrected chi connectivity index (χ2v) is 3.13. The van der Waals surface area contributed by atoms with Crippen LogP contribution in [0.1, 0.15) is 0 Å². The molecule has 0 aliphatic carbocycles. The molecule has 5 nitrogen and oxygen atoms in total. The van der Waals surface area contributed by atoms with Crippen molar-refractivity contribution in [3.8, 4) is 17.8 Å². The molecule has 0 aliphatic heterocycles. The maximum Gasteiger partial charge on any atom is 0.329 e. The van der Waals surface area contributed by atoms with Gasteiger partial charge in [-0.1, -0.05) is 18.2 Å². The number of ether oxygens (including phenoxy) is 2. The molecule has 82 valence electrons. The molecular weight excluding hydrogens is 230 g/mol. The van der Waals surface area contributed by atoms with E-state index in [4.69, 9.17) is 21.1 Å². The molecule has 0 spiro atoms. The Morgan fingerprint density at radius 1 is 1.00 bits per heavy atom. The maximum absolute atomic E-state index is 5.67. The Bertz CT molecular complexity index is 479. The van der Waals surface area contributed by atoms with Crippen LogP contribution in [0.3, 0.4) is 0 Å². The normalized spacial score (nSPS) is 9.88. The van der Waals surface area contributed by atoms with Gasteiger partial charge in [-0.3, -0.25) is 0 Å². The highest BCUT2D eigenvalue weighted by atomic mass is 35.5. The standard InChI is InChI=1S/C10H8ClN3O2/c1-15-9-12-8(11)13-10(14-9)16-7-5-3-2-4-6-7/h2-6H,1H3. The van der Waals surface area contributed by atoms with Crippen molar-refractivity contribution in [3.63, 3.8) is 0 Å². The molecule has 1 aromatic carbocycles. The van der Waals surface area contributed by atoms with E-state index in [1.165, 1.54) is 7.11 Å². The van der Waals surface area contributed by atoms with Crippen LogP contribution < -0.4 is 9.47 Å². The average Bonchev–Trinajstić information content (AvgIpc) is 2.29. The van der Waals surface area contributed by atoms with Crippen molar-refractivity contribution in [1.29, 1.82) is 0 Å². The fourth-order valence-electron chi connectivity index (χ4n) is 1.05. The molecule has 0 radical (unpaired) electrons. The molecule has 0 aliphatic rings. The zero-order chi connectivity index (χ0) is 11.4.